The number of fused-ring (bicyclic) bond motifs is 1. The molecule has 0 amide bonds. The van der Waals surface area contributed by atoms with Crippen LogP contribution in [0.5, 0.6) is 5.75 Å². The maximum atomic E-state index is 6.08. The Morgan fingerprint density at radius 1 is 1.55 bits per heavy atom. The molecule has 1 aliphatic heterocycles. The van der Waals surface area contributed by atoms with E-state index in [9.17, 15) is 0 Å². The van der Waals surface area contributed by atoms with Crippen molar-refractivity contribution in [2.45, 2.75) is 19.9 Å². The molecule has 0 radical (unpaired) electrons. The molecule has 0 saturated heterocycles. The molecule has 2 rings (SSSR count). The number of nitrogens with two attached hydrogens (primary N) is 1. The number of rotatable bonds is 4. The summed E-state index contributed by atoms with van der Waals surface area (Å²) in [6.45, 7) is 7.51. The quantitative estimate of drug-likeness (QED) is 0.349. The molecule has 0 fully saturated rings. The molecule has 20 heavy (non-hydrogen) atoms. The summed E-state index contributed by atoms with van der Waals surface area (Å²) in [5.41, 5.74) is 8.90. The van der Waals surface area contributed by atoms with Gasteiger partial charge in [-0.25, -0.2) is 4.99 Å². The van der Waals surface area contributed by atoms with E-state index in [1.165, 1.54) is 0 Å². The van der Waals surface area contributed by atoms with Gasteiger partial charge in [-0.2, -0.15) is 0 Å². The third kappa shape index (κ3) is 4.56. The highest BCUT2D eigenvalue weighted by molar-refractivity contribution is 14.0. The fourth-order valence-corrected chi connectivity index (χ4v) is 2.19. The molecule has 0 spiro atoms. The first-order valence-electron chi connectivity index (χ1n) is 6.18. The predicted molar refractivity (Wildman–Crippen MR) is 94.2 cm³/mol. The molecule has 4 nitrogen and oxygen atoms in total. The SMILES string of the molecule is C=C(C)CNC(N)=NCc1cc(Cl)cc2c1OCC2.I. The smallest absolute Gasteiger partial charge is 0.189 e. The Bertz CT molecular complexity index is 531. The minimum Gasteiger partial charge on any atom is -0.493 e. The summed E-state index contributed by atoms with van der Waals surface area (Å²) >= 11 is 6.08. The lowest BCUT2D eigenvalue weighted by Crippen LogP contribution is -2.32. The van der Waals surface area contributed by atoms with Gasteiger partial charge < -0.3 is 15.8 Å². The van der Waals surface area contributed by atoms with Crippen molar-refractivity contribution in [1.29, 1.82) is 0 Å². The maximum Gasteiger partial charge on any atom is 0.189 e. The van der Waals surface area contributed by atoms with Crippen LogP contribution < -0.4 is 15.8 Å². The molecule has 0 unspecified atom stereocenters. The highest BCUT2D eigenvalue weighted by Crippen LogP contribution is 2.33. The number of ether oxygens (including phenoxy) is 1. The van der Waals surface area contributed by atoms with Gasteiger partial charge in [0.15, 0.2) is 5.96 Å². The lowest BCUT2D eigenvalue weighted by molar-refractivity contribution is 0.353. The lowest BCUT2D eigenvalue weighted by atomic mass is 10.1. The number of aliphatic imine (C=N–C) groups is 1. The van der Waals surface area contributed by atoms with Crippen LogP contribution >= 0.6 is 35.6 Å². The predicted octanol–water partition coefficient (Wildman–Crippen LogP) is 2.87. The van der Waals surface area contributed by atoms with Crippen LogP contribution in [0.4, 0.5) is 0 Å². The monoisotopic (exact) mass is 407 g/mol. The molecule has 0 bridgehead atoms. The molecule has 6 heteroatoms. The van der Waals surface area contributed by atoms with Crippen molar-refractivity contribution in [1.82, 2.24) is 5.32 Å². The molecule has 0 aliphatic carbocycles. The molecule has 0 saturated carbocycles. The molecule has 0 aromatic heterocycles. The van der Waals surface area contributed by atoms with Crippen LogP contribution in [0.2, 0.25) is 5.02 Å². The molecule has 0 atom stereocenters. The first-order valence-corrected chi connectivity index (χ1v) is 6.56. The number of nitrogens with one attached hydrogen (secondary N) is 1. The van der Waals surface area contributed by atoms with Gasteiger partial charge in [-0.15, -0.1) is 24.0 Å². The Morgan fingerprint density at radius 2 is 2.30 bits per heavy atom. The van der Waals surface area contributed by atoms with Gasteiger partial charge in [0.2, 0.25) is 0 Å². The zero-order valence-corrected chi connectivity index (χ0v) is 14.5. The first kappa shape index (κ1) is 17.1. The van der Waals surface area contributed by atoms with Crippen molar-refractivity contribution in [2.24, 2.45) is 10.7 Å². The number of benzene rings is 1. The normalized spacial score (nSPS) is 13.2. The molecule has 1 heterocycles. The van der Waals surface area contributed by atoms with Gasteiger partial charge in [0.1, 0.15) is 5.75 Å². The third-order valence-electron chi connectivity index (χ3n) is 2.82. The second-order valence-corrected chi connectivity index (χ2v) is 5.10. The summed E-state index contributed by atoms with van der Waals surface area (Å²) in [6, 6.07) is 3.82. The van der Waals surface area contributed by atoms with E-state index in [4.69, 9.17) is 22.1 Å². The average Bonchev–Trinajstić information content (AvgIpc) is 2.81. The molecule has 1 aromatic rings. The van der Waals surface area contributed by atoms with Crippen LogP contribution in [-0.4, -0.2) is 19.1 Å². The first-order chi connectivity index (χ1) is 9.06. The lowest BCUT2D eigenvalue weighted by Gasteiger charge is -2.08. The second-order valence-electron chi connectivity index (χ2n) is 4.66. The van der Waals surface area contributed by atoms with Crippen molar-refractivity contribution in [2.75, 3.05) is 13.2 Å². The van der Waals surface area contributed by atoms with Crippen molar-refractivity contribution in [3.63, 3.8) is 0 Å². The van der Waals surface area contributed by atoms with E-state index in [0.717, 1.165) is 28.9 Å². The van der Waals surface area contributed by atoms with E-state index in [-0.39, 0.29) is 24.0 Å². The standard InChI is InChI=1S/C14H18ClN3O.HI/c1-9(2)7-17-14(16)18-8-11-6-12(15)5-10-3-4-19-13(10)11;/h5-6H,1,3-4,7-8H2,2H3,(H3,16,17,18);1H. The number of hydrogen-bond donors (Lipinski definition) is 2. The fourth-order valence-electron chi connectivity index (χ4n) is 1.93. The zero-order chi connectivity index (χ0) is 13.8. The van der Waals surface area contributed by atoms with Gasteiger partial charge >= 0.3 is 0 Å². The summed E-state index contributed by atoms with van der Waals surface area (Å²) in [5, 5.41) is 3.70. The molecule has 110 valence electrons. The van der Waals surface area contributed by atoms with Gasteiger partial charge in [-0.05, 0) is 24.6 Å². The van der Waals surface area contributed by atoms with E-state index in [0.29, 0.717) is 30.7 Å². The molecule has 1 aliphatic rings. The molecular formula is C14H19ClIN3O. The van der Waals surface area contributed by atoms with Crippen molar-refractivity contribution >= 4 is 41.5 Å². The van der Waals surface area contributed by atoms with E-state index in [1.54, 1.807) is 0 Å². The number of halogens is 2. The highest BCUT2D eigenvalue weighted by atomic mass is 127. The average molecular weight is 408 g/mol. The maximum absolute atomic E-state index is 6.08. The summed E-state index contributed by atoms with van der Waals surface area (Å²) in [7, 11) is 0. The molecule has 3 N–H and O–H groups in total. The molecular weight excluding hydrogens is 389 g/mol. The fraction of sp³-hybridized carbons (Fsp3) is 0.357. The van der Waals surface area contributed by atoms with Gasteiger partial charge in [-0.1, -0.05) is 23.8 Å². The Morgan fingerprint density at radius 3 is 3.00 bits per heavy atom. The number of hydrogen-bond acceptors (Lipinski definition) is 2. The van der Waals surface area contributed by atoms with E-state index in [2.05, 4.69) is 16.9 Å². The Balaban J connectivity index is 0.00000200. The zero-order valence-electron chi connectivity index (χ0n) is 11.4. The third-order valence-corrected chi connectivity index (χ3v) is 3.03. The van der Waals surface area contributed by atoms with Crippen LogP contribution in [-0.2, 0) is 13.0 Å². The van der Waals surface area contributed by atoms with Crippen LogP contribution in [0.25, 0.3) is 0 Å². The summed E-state index contributed by atoms with van der Waals surface area (Å²) < 4.78 is 5.61. The topological polar surface area (TPSA) is 59.6 Å². The number of guanidine groups is 1. The minimum absolute atomic E-state index is 0. The molecule has 1 aromatic carbocycles. The Hall–Kier alpha value is -0.950. The second kappa shape index (κ2) is 7.73. The minimum atomic E-state index is 0. The van der Waals surface area contributed by atoms with E-state index in [1.807, 2.05) is 19.1 Å². The van der Waals surface area contributed by atoms with Crippen LogP contribution in [0.15, 0.2) is 29.3 Å². The van der Waals surface area contributed by atoms with Crippen LogP contribution in [0.1, 0.15) is 18.1 Å². The van der Waals surface area contributed by atoms with Crippen molar-refractivity contribution < 1.29 is 4.74 Å². The number of nitrogens with zero attached hydrogens (tertiary/aromatic N) is 1. The van der Waals surface area contributed by atoms with Crippen LogP contribution in [0.3, 0.4) is 0 Å². The van der Waals surface area contributed by atoms with E-state index < -0.39 is 0 Å². The van der Waals surface area contributed by atoms with Crippen molar-refractivity contribution in [3.8, 4) is 5.75 Å². The van der Waals surface area contributed by atoms with Crippen LogP contribution in [0, 0.1) is 0 Å². The Kier molecular flexibility index (Phi) is 6.61. The Labute approximate surface area is 141 Å². The summed E-state index contributed by atoms with van der Waals surface area (Å²) in [6.07, 6.45) is 0.899. The summed E-state index contributed by atoms with van der Waals surface area (Å²) in [4.78, 5) is 4.29. The van der Waals surface area contributed by atoms with Crippen molar-refractivity contribution in [3.05, 3.63) is 40.4 Å². The van der Waals surface area contributed by atoms with Gasteiger partial charge in [0, 0.05) is 23.6 Å². The highest BCUT2D eigenvalue weighted by Gasteiger charge is 2.17. The van der Waals surface area contributed by atoms with E-state index >= 15 is 0 Å². The van der Waals surface area contributed by atoms with Gasteiger partial charge in [0.25, 0.3) is 0 Å². The van der Waals surface area contributed by atoms with Gasteiger partial charge in [0.05, 0.1) is 13.2 Å². The largest absolute Gasteiger partial charge is 0.493 e. The van der Waals surface area contributed by atoms with Gasteiger partial charge in [-0.3, -0.25) is 0 Å². The summed E-state index contributed by atoms with van der Waals surface area (Å²) in [5.74, 6) is 1.30.